The van der Waals surface area contributed by atoms with Crippen LogP contribution in [0.3, 0.4) is 0 Å². The Balaban J connectivity index is 0.00000312. The number of amides is 1. The zero-order valence-corrected chi connectivity index (χ0v) is 16.2. The zero-order valence-electron chi connectivity index (χ0n) is 14.6. The van der Waals surface area contributed by atoms with Gasteiger partial charge in [-0.15, -0.1) is 12.4 Å². The molecule has 0 aliphatic heterocycles. The summed E-state index contributed by atoms with van der Waals surface area (Å²) in [5, 5.41) is 5.99. The van der Waals surface area contributed by atoms with Crippen LogP contribution in [0.4, 0.5) is 0 Å². The maximum absolute atomic E-state index is 12.4. The predicted octanol–water partition coefficient (Wildman–Crippen LogP) is 2.06. The Morgan fingerprint density at radius 2 is 1.88 bits per heavy atom. The minimum absolute atomic E-state index is 0. The first kappa shape index (κ1) is 21.9. The maximum Gasteiger partial charge on any atom is 0.251 e. The summed E-state index contributed by atoms with van der Waals surface area (Å²) in [5.41, 5.74) is 0.361. The van der Waals surface area contributed by atoms with Gasteiger partial charge in [0.15, 0.2) is 0 Å². The molecule has 6 nitrogen and oxygen atoms in total. The van der Waals surface area contributed by atoms with E-state index in [1.54, 1.807) is 12.1 Å². The Hall–Kier alpha value is -1.15. The van der Waals surface area contributed by atoms with Crippen LogP contribution in [0.5, 0.6) is 0 Å². The summed E-state index contributed by atoms with van der Waals surface area (Å²) in [6.07, 6.45) is 4.92. The van der Waals surface area contributed by atoms with E-state index in [-0.39, 0.29) is 29.3 Å². The molecule has 142 valence electrons. The zero-order chi connectivity index (χ0) is 17.4. The summed E-state index contributed by atoms with van der Waals surface area (Å²) in [4.78, 5) is 12.3. The molecule has 0 radical (unpaired) electrons. The monoisotopic (exact) mass is 389 g/mol. The molecule has 0 atom stereocenters. The minimum Gasteiger partial charge on any atom is -0.351 e. The fraction of sp³-hybridized carbons (Fsp3) is 0.588. The van der Waals surface area contributed by atoms with Crippen LogP contribution in [0.2, 0.25) is 0 Å². The van der Waals surface area contributed by atoms with E-state index in [1.165, 1.54) is 12.1 Å². The Labute approximate surface area is 156 Å². The van der Waals surface area contributed by atoms with Gasteiger partial charge < -0.3 is 10.6 Å². The number of nitrogens with one attached hydrogen (secondary N) is 3. The van der Waals surface area contributed by atoms with Crippen LogP contribution in [0.1, 0.15) is 49.4 Å². The molecular formula is C17H28ClN3O3S. The van der Waals surface area contributed by atoms with Gasteiger partial charge in [-0.1, -0.05) is 25.8 Å². The first-order chi connectivity index (χ1) is 11.5. The fourth-order valence-corrected chi connectivity index (χ4v) is 4.15. The molecule has 0 aromatic heterocycles. The van der Waals surface area contributed by atoms with E-state index < -0.39 is 10.0 Å². The number of hydrogen-bond donors (Lipinski definition) is 3. The van der Waals surface area contributed by atoms with Crippen molar-refractivity contribution in [1.82, 2.24) is 15.4 Å². The summed E-state index contributed by atoms with van der Waals surface area (Å²) in [5.74, 6) is -0.258. The van der Waals surface area contributed by atoms with E-state index >= 15 is 0 Å². The average Bonchev–Trinajstić information content (AvgIpc) is 3.07. The summed E-state index contributed by atoms with van der Waals surface area (Å²) in [6.45, 7) is 4.20. The van der Waals surface area contributed by atoms with Gasteiger partial charge in [-0.05, 0) is 44.0 Å². The van der Waals surface area contributed by atoms with Crippen molar-refractivity contribution in [2.24, 2.45) is 0 Å². The number of rotatable bonds is 9. The van der Waals surface area contributed by atoms with Crippen molar-refractivity contribution in [3.8, 4) is 0 Å². The molecule has 1 fully saturated rings. The lowest BCUT2D eigenvalue weighted by atomic mass is 10.2. The minimum atomic E-state index is -3.57. The second-order valence-corrected chi connectivity index (χ2v) is 7.85. The number of halogens is 1. The lowest BCUT2D eigenvalue weighted by Gasteiger charge is -2.13. The quantitative estimate of drug-likeness (QED) is 0.564. The number of carbonyl (C=O) groups is 1. The van der Waals surface area contributed by atoms with E-state index in [1.807, 2.05) is 0 Å². The third-order valence-electron chi connectivity index (χ3n) is 4.10. The number of carbonyl (C=O) groups excluding carboxylic acids is 1. The molecule has 0 bridgehead atoms. The smallest absolute Gasteiger partial charge is 0.251 e. The van der Waals surface area contributed by atoms with Crippen LogP contribution in [0.25, 0.3) is 0 Å². The molecule has 0 saturated heterocycles. The van der Waals surface area contributed by atoms with E-state index in [0.29, 0.717) is 18.7 Å². The highest BCUT2D eigenvalue weighted by atomic mass is 35.5. The molecule has 1 saturated carbocycles. The van der Waals surface area contributed by atoms with E-state index in [2.05, 4.69) is 22.3 Å². The molecule has 0 heterocycles. The van der Waals surface area contributed by atoms with Crippen molar-refractivity contribution in [2.45, 2.75) is 50.0 Å². The highest BCUT2D eigenvalue weighted by molar-refractivity contribution is 7.89. The molecule has 25 heavy (non-hydrogen) atoms. The summed E-state index contributed by atoms with van der Waals surface area (Å²) < 4.78 is 27.6. The van der Waals surface area contributed by atoms with Crippen molar-refractivity contribution in [3.05, 3.63) is 29.8 Å². The van der Waals surface area contributed by atoms with E-state index in [4.69, 9.17) is 0 Å². The molecule has 1 aromatic carbocycles. The molecule has 1 aromatic rings. The van der Waals surface area contributed by atoms with Crippen LogP contribution >= 0.6 is 12.4 Å². The van der Waals surface area contributed by atoms with Gasteiger partial charge in [0.25, 0.3) is 5.91 Å². The summed E-state index contributed by atoms with van der Waals surface area (Å²) in [6, 6.07) is 6.21. The fourth-order valence-electron chi connectivity index (χ4n) is 2.80. The van der Waals surface area contributed by atoms with Crippen LogP contribution in [-0.2, 0) is 10.0 Å². The van der Waals surface area contributed by atoms with Gasteiger partial charge in [-0.25, -0.2) is 13.1 Å². The highest BCUT2D eigenvalue weighted by Gasteiger charge is 2.23. The molecule has 1 amide bonds. The van der Waals surface area contributed by atoms with Crippen molar-refractivity contribution in [1.29, 1.82) is 0 Å². The number of benzene rings is 1. The van der Waals surface area contributed by atoms with Gasteiger partial charge in [-0.3, -0.25) is 4.79 Å². The van der Waals surface area contributed by atoms with Gasteiger partial charge in [0.2, 0.25) is 10.0 Å². The van der Waals surface area contributed by atoms with Gasteiger partial charge in [0.1, 0.15) is 0 Å². The van der Waals surface area contributed by atoms with Crippen molar-refractivity contribution < 1.29 is 13.2 Å². The summed E-state index contributed by atoms with van der Waals surface area (Å²) in [7, 11) is -3.57. The van der Waals surface area contributed by atoms with Crippen molar-refractivity contribution >= 4 is 28.3 Å². The predicted molar refractivity (Wildman–Crippen MR) is 102 cm³/mol. The Morgan fingerprint density at radius 3 is 2.56 bits per heavy atom. The van der Waals surface area contributed by atoms with Gasteiger partial charge in [0, 0.05) is 24.7 Å². The van der Waals surface area contributed by atoms with Gasteiger partial charge >= 0.3 is 0 Å². The first-order valence-corrected chi connectivity index (χ1v) is 10.1. The molecule has 2 rings (SSSR count). The third kappa shape index (κ3) is 6.93. The first-order valence-electron chi connectivity index (χ1n) is 8.64. The second-order valence-electron chi connectivity index (χ2n) is 6.14. The average molecular weight is 390 g/mol. The van der Waals surface area contributed by atoms with Crippen molar-refractivity contribution in [2.75, 3.05) is 19.6 Å². The number of sulfonamides is 1. The normalized spacial score (nSPS) is 14.9. The lowest BCUT2D eigenvalue weighted by molar-refractivity contribution is 0.0953. The SMILES string of the molecule is CCCNCCNC(=O)c1cccc(S(=O)(=O)NC2CCCC2)c1.Cl. The Bertz CT molecular complexity index is 646. The molecule has 1 aliphatic carbocycles. The highest BCUT2D eigenvalue weighted by Crippen LogP contribution is 2.20. The second kappa shape index (κ2) is 10.8. The topological polar surface area (TPSA) is 87.3 Å². The molecule has 0 unspecified atom stereocenters. The standard InChI is InChI=1S/C17H27N3O3S.ClH/c1-2-10-18-11-12-19-17(21)14-6-5-9-16(13-14)24(22,23)20-15-7-3-4-8-15;/h5-6,9,13,15,18,20H,2-4,7-8,10-12H2,1H3,(H,19,21);1H. The van der Waals surface area contributed by atoms with Crippen LogP contribution < -0.4 is 15.4 Å². The summed E-state index contributed by atoms with van der Waals surface area (Å²) >= 11 is 0. The van der Waals surface area contributed by atoms with Crippen LogP contribution in [-0.4, -0.2) is 40.0 Å². The Kier molecular flexibility index (Phi) is 9.42. The van der Waals surface area contributed by atoms with E-state index in [9.17, 15) is 13.2 Å². The Morgan fingerprint density at radius 1 is 1.16 bits per heavy atom. The molecule has 8 heteroatoms. The largest absolute Gasteiger partial charge is 0.351 e. The third-order valence-corrected chi connectivity index (χ3v) is 5.62. The maximum atomic E-state index is 12.4. The van der Waals surface area contributed by atoms with Gasteiger partial charge in [-0.2, -0.15) is 0 Å². The number of hydrogen-bond acceptors (Lipinski definition) is 4. The molecule has 1 aliphatic rings. The van der Waals surface area contributed by atoms with Gasteiger partial charge in [0.05, 0.1) is 4.90 Å². The van der Waals surface area contributed by atoms with Crippen LogP contribution in [0, 0.1) is 0 Å². The van der Waals surface area contributed by atoms with E-state index in [0.717, 1.165) is 38.6 Å². The lowest BCUT2D eigenvalue weighted by Crippen LogP contribution is -2.33. The molecular weight excluding hydrogens is 362 g/mol. The molecule has 0 spiro atoms. The van der Waals surface area contributed by atoms with Crippen LogP contribution in [0.15, 0.2) is 29.2 Å². The van der Waals surface area contributed by atoms with Crippen molar-refractivity contribution in [3.63, 3.8) is 0 Å². The molecule has 3 N–H and O–H groups in total.